The maximum Gasteiger partial charge on any atom is 0.421 e. The monoisotopic (exact) mass is 674 g/mol. The van der Waals surface area contributed by atoms with Crippen LogP contribution in [0.15, 0.2) is 40.8 Å². The number of aromatic nitrogens is 3. The highest BCUT2D eigenvalue weighted by Gasteiger charge is 2.37. The van der Waals surface area contributed by atoms with E-state index in [1.807, 2.05) is 0 Å². The van der Waals surface area contributed by atoms with Gasteiger partial charge in [-0.2, -0.15) is 0 Å². The molecule has 2 aromatic heterocycles. The van der Waals surface area contributed by atoms with Crippen molar-refractivity contribution in [1.29, 1.82) is 0 Å². The van der Waals surface area contributed by atoms with Crippen LogP contribution < -0.4 is 4.72 Å². The summed E-state index contributed by atoms with van der Waals surface area (Å²) >= 11 is 7.08. The second-order valence-corrected chi connectivity index (χ2v) is 15.9. The van der Waals surface area contributed by atoms with E-state index in [0.29, 0.717) is 21.3 Å². The van der Waals surface area contributed by atoms with Crippen LogP contribution in [0, 0.1) is 5.82 Å². The van der Waals surface area contributed by atoms with E-state index in [-0.39, 0.29) is 40.6 Å². The van der Waals surface area contributed by atoms with Gasteiger partial charge >= 0.3 is 6.09 Å². The van der Waals surface area contributed by atoms with Crippen molar-refractivity contribution in [2.45, 2.75) is 38.0 Å². The molecular formula is C26H28ClFN4O8S3. The SMILES string of the molecule is COCCS(=O)(=O)C(c1nnc(CCS(=O)(=O)NC(=O)OC(C)(C)C)o1)c1nc2ccc(-c3cc(F)cc(Cl)c3)cc2s1. The molecule has 43 heavy (non-hydrogen) atoms. The molecule has 4 rings (SSSR count). The predicted octanol–water partition coefficient (Wildman–Crippen LogP) is 4.69. The summed E-state index contributed by atoms with van der Waals surface area (Å²) in [6.45, 7) is 4.65. The minimum Gasteiger partial charge on any atom is -0.443 e. The van der Waals surface area contributed by atoms with E-state index in [0.717, 1.165) is 11.3 Å². The largest absolute Gasteiger partial charge is 0.443 e. The highest BCUT2D eigenvalue weighted by atomic mass is 35.5. The van der Waals surface area contributed by atoms with Crippen LogP contribution in [0.2, 0.25) is 5.02 Å². The Morgan fingerprint density at radius 3 is 2.51 bits per heavy atom. The summed E-state index contributed by atoms with van der Waals surface area (Å²) in [7, 11) is -6.78. The van der Waals surface area contributed by atoms with Crippen LogP contribution in [0.4, 0.5) is 9.18 Å². The number of nitrogens with one attached hydrogen (secondary N) is 1. The number of halogens is 2. The van der Waals surface area contributed by atoms with Crippen LogP contribution in [-0.4, -0.2) is 68.9 Å². The van der Waals surface area contributed by atoms with Gasteiger partial charge in [0.05, 0.1) is 28.3 Å². The van der Waals surface area contributed by atoms with E-state index in [1.165, 1.54) is 19.2 Å². The lowest BCUT2D eigenvalue weighted by Crippen LogP contribution is -2.37. The number of thiazole rings is 1. The lowest BCUT2D eigenvalue weighted by Gasteiger charge is -2.19. The molecule has 0 fully saturated rings. The Balaban J connectivity index is 1.62. The van der Waals surface area contributed by atoms with Gasteiger partial charge in [0.15, 0.2) is 15.1 Å². The molecule has 4 aromatic rings. The first-order valence-corrected chi connectivity index (χ1v) is 17.2. The minimum absolute atomic E-state index is 0.107. The third-order valence-electron chi connectivity index (χ3n) is 5.69. The number of methoxy groups -OCH3 is 1. The molecule has 2 heterocycles. The van der Waals surface area contributed by atoms with Crippen molar-refractivity contribution in [2.75, 3.05) is 25.2 Å². The number of aryl methyl sites for hydroxylation is 1. The highest BCUT2D eigenvalue weighted by molar-refractivity contribution is 7.92. The summed E-state index contributed by atoms with van der Waals surface area (Å²) in [5, 5.41) is 6.62. The molecule has 0 aliphatic carbocycles. The molecule has 1 atom stereocenters. The number of rotatable bonds is 11. The Hall–Kier alpha value is -3.18. The summed E-state index contributed by atoms with van der Waals surface area (Å²) in [5.74, 6) is -1.97. The number of sulfone groups is 1. The Morgan fingerprint density at radius 1 is 1.09 bits per heavy atom. The number of hydrogen-bond donors (Lipinski definition) is 1. The van der Waals surface area contributed by atoms with Gasteiger partial charge in [-0.15, -0.1) is 21.5 Å². The van der Waals surface area contributed by atoms with Gasteiger partial charge in [-0.25, -0.2) is 35.7 Å². The first kappa shape index (κ1) is 32.7. The van der Waals surface area contributed by atoms with Gasteiger partial charge in [0.25, 0.3) is 0 Å². The molecule has 0 radical (unpaired) electrons. The first-order chi connectivity index (χ1) is 20.0. The van der Waals surface area contributed by atoms with Crippen molar-refractivity contribution in [3.8, 4) is 11.1 Å². The molecule has 2 aromatic carbocycles. The second kappa shape index (κ2) is 12.8. The molecule has 0 saturated carbocycles. The Kier molecular flexibility index (Phi) is 9.76. The van der Waals surface area contributed by atoms with Crippen molar-refractivity contribution < 1.29 is 39.9 Å². The molecule has 17 heteroatoms. The van der Waals surface area contributed by atoms with E-state index >= 15 is 0 Å². The molecule has 1 unspecified atom stereocenters. The molecule has 0 spiro atoms. The van der Waals surface area contributed by atoms with Gasteiger partial charge in [0, 0.05) is 18.6 Å². The molecular weight excluding hydrogens is 647 g/mol. The zero-order chi connectivity index (χ0) is 31.6. The summed E-state index contributed by atoms with van der Waals surface area (Å²) in [6.07, 6.45) is -1.45. The van der Waals surface area contributed by atoms with Crippen molar-refractivity contribution in [1.82, 2.24) is 19.9 Å². The zero-order valence-corrected chi connectivity index (χ0v) is 26.7. The summed E-state index contributed by atoms with van der Waals surface area (Å²) < 4.78 is 83.5. The van der Waals surface area contributed by atoms with Crippen LogP contribution in [0.5, 0.6) is 0 Å². The standard InChI is InChI=1S/C26H28ClFN4O8S3/c1-26(2,3)40-25(33)32-43(36,37)9-7-21-30-31-23(39-21)22(42(34,35)10-8-38-4)24-29-19-6-5-15(13-20(19)41-24)16-11-17(27)14-18(28)12-16/h5-6,11-14,22H,7-10H2,1-4H3,(H,32,33). The molecule has 0 aliphatic heterocycles. The maximum atomic E-state index is 13.9. The van der Waals surface area contributed by atoms with E-state index in [4.69, 9.17) is 25.5 Å². The number of fused-ring (bicyclic) bond motifs is 1. The highest BCUT2D eigenvalue weighted by Crippen LogP contribution is 2.37. The molecule has 0 saturated heterocycles. The Labute approximate surface area is 256 Å². The maximum absolute atomic E-state index is 13.9. The van der Waals surface area contributed by atoms with Crippen LogP contribution in [0.25, 0.3) is 21.3 Å². The Morgan fingerprint density at radius 2 is 1.84 bits per heavy atom. The fraction of sp³-hybridized carbons (Fsp3) is 0.385. The fourth-order valence-corrected chi connectivity index (χ4v) is 7.88. The molecule has 0 bridgehead atoms. The van der Waals surface area contributed by atoms with Gasteiger partial charge in [0.2, 0.25) is 21.8 Å². The number of ether oxygens (including phenoxy) is 2. The van der Waals surface area contributed by atoms with Crippen LogP contribution in [0.3, 0.4) is 0 Å². The first-order valence-electron chi connectivity index (χ1n) is 12.7. The number of carbonyl (C=O) groups excluding carboxylic acids is 1. The number of sulfonamides is 1. The second-order valence-electron chi connectivity index (χ2n) is 10.3. The van der Waals surface area contributed by atoms with Crippen LogP contribution in [0.1, 0.15) is 42.8 Å². The average molecular weight is 675 g/mol. The smallest absolute Gasteiger partial charge is 0.421 e. The topological polar surface area (TPSA) is 168 Å². The molecule has 232 valence electrons. The third-order valence-corrected chi connectivity index (χ3v) is 10.2. The molecule has 1 amide bonds. The summed E-state index contributed by atoms with van der Waals surface area (Å²) in [4.78, 5) is 16.4. The van der Waals surface area contributed by atoms with Crippen molar-refractivity contribution in [2.24, 2.45) is 0 Å². The summed E-state index contributed by atoms with van der Waals surface area (Å²) in [5.41, 5.74) is 0.754. The van der Waals surface area contributed by atoms with Gasteiger partial charge in [-0.3, -0.25) is 0 Å². The average Bonchev–Trinajstić information content (AvgIpc) is 3.50. The van der Waals surface area contributed by atoms with Crippen LogP contribution >= 0.6 is 22.9 Å². The van der Waals surface area contributed by atoms with E-state index in [9.17, 15) is 26.0 Å². The predicted molar refractivity (Wildman–Crippen MR) is 159 cm³/mol. The number of benzene rings is 2. The van der Waals surface area contributed by atoms with Gasteiger partial charge in [-0.05, 0) is 62.2 Å². The quantitative estimate of drug-likeness (QED) is 0.234. The zero-order valence-electron chi connectivity index (χ0n) is 23.5. The molecule has 1 N–H and O–H groups in total. The van der Waals surface area contributed by atoms with Gasteiger partial charge < -0.3 is 13.9 Å². The number of nitrogens with zero attached hydrogens (tertiary/aromatic N) is 3. The number of amides is 1. The van der Waals surface area contributed by atoms with Gasteiger partial charge in [-0.1, -0.05) is 17.7 Å². The number of carbonyl (C=O) groups is 1. The Bertz CT molecular complexity index is 1830. The van der Waals surface area contributed by atoms with Gasteiger partial charge in [0.1, 0.15) is 16.4 Å². The van der Waals surface area contributed by atoms with Crippen molar-refractivity contribution >= 4 is 59.1 Å². The lowest BCUT2D eigenvalue weighted by molar-refractivity contribution is 0.0570. The van der Waals surface area contributed by atoms with Crippen molar-refractivity contribution in [3.05, 3.63) is 64.0 Å². The minimum atomic E-state index is -4.13. The van der Waals surface area contributed by atoms with E-state index in [1.54, 1.807) is 49.8 Å². The number of hydrogen-bond acceptors (Lipinski definition) is 12. The molecule has 0 aliphatic rings. The summed E-state index contributed by atoms with van der Waals surface area (Å²) in [6, 6.07) is 9.24. The lowest BCUT2D eigenvalue weighted by atomic mass is 10.1. The normalized spacial score (nSPS) is 13.3. The fourth-order valence-electron chi connectivity index (χ4n) is 3.86. The van der Waals surface area contributed by atoms with E-state index < -0.39 is 48.4 Å². The van der Waals surface area contributed by atoms with E-state index in [2.05, 4.69) is 15.2 Å². The molecule has 12 nitrogen and oxygen atoms in total. The third kappa shape index (κ3) is 8.69. The van der Waals surface area contributed by atoms with Crippen LogP contribution in [-0.2, 0) is 35.8 Å². The van der Waals surface area contributed by atoms with Crippen molar-refractivity contribution in [3.63, 3.8) is 0 Å².